The molecule has 1 aromatic heterocycles. The summed E-state index contributed by atoms with van der Waals surface area (Å²) in [5, 5.41) is 12.2. The van der Waals surface area contributed by atoms with Gasteiger partial charge in [0, 0.05) is 25.1 Å². The molecule has 0 spiro atoms. The summed E-state index contributed by atoms with van der Waals surface area (Å²) in [6, 6.07) is 4.55. The predicted molar refractivity (Wildman–Crippen MR) is 80.7 cm³/mol. The van der Waals surface area contributed by atoms with Crippen LogP contribution in [-0.2, 0) is 13.2 Å². The van der Waals surface area contributed by atoms with Crippen molar-refractivity contribution in [3.05, 3.63) is 56.4 Å². The van der Waals surface area contributed by atoms with Crippen LogP contribution in [0, 0.1) is 0 Å². The summed E-state index contributed by atoms with van der Waals surface area (Å²) in [4.78, 5) is 24.4. The van der Waals surface area contributed by atoms with Gasteiger partial charge in [-0.2, -0.15) is 13.2 Å². The van der Waals surface area contributed by atoms with Gasteiger partial charge in [-0.1, -0.05) is 5.16 Å². The van der Waals surface area contributed by atoms with Gasteiger partial charge in [-0.3, -0.25) is 9.36 Å². The molecule has 3 rings (SSSR count). The molecule has 25 heavy (non-hydrogen) atoms. The molecular weight excluding hydrogens is 343 g/mol. The molecule has 1 aromatic carbocycles. The number of ether oxygens (including phenoxy) is 1. The maximum atomic E-state index is 12.9. The summed E-state index contributed by atoms with van der Waals surface area (Å²) in [6.07, 6.45) is -4.51. The van der Waals surface area contributed by atoms with Gasteiger partial charge in [0.05, 0.1) is 18.0 Å². The highest BCUT2D eigenvalue weighted by molar-refractivity contribution is 6.03. The number of oxime groups is 1. The van der Waals surface area contributed by atoms with E-state index >= 15 is 0 Å². The summed E-state index contributed by atoms with van der Waals surface area (Å²) >= 11 is 0. The number of aromatic nitrogens is 2. The van der Waals surface area contributed by atoms with Gasteiger partial charge in [0.2, 0.25) is 0 Å². The minimum atomic E-state index is -4.83. The van der Waals surface area contributed by atoms with Crippen molar-refractivity contribution in [2.75, 3.05) is 6.61 Å². The summed E-state index contributed by atoms with van der Waals surface area (Å²) < 4.78 is 45.0. The number of halogens is 3. The van der Waals surface area contributed by atoms with Crippen LogP contribution in [0.3, 0.4) is 0 Å². The molecule has 7 nitrogen and oxygen atoms in total. The molecule has 0 amide bonds. The van der Waals surface area contributed by atoms with Crippen LogP contribution in [0.1, 0.15) is 17.7 Å². The molecule has 0 aliphatic carbocycles. The van der Waals surface area contributed by atoms with E-state index in [9.17, 15) is 22.8 Å². The molecule has 1 N–H and O–H groups in total. The number of hydrogen-bond donors (Lipinski definition) is 1. The third-order valence-corrected chi connectivity index (χ3v) is 3.86. The van der Waals surface area contributed by atoms with E-state index in [-0.39, 0.29) is 5.69 Å². The summed E-state index contributed by atoms with van der Waals surface area (Å²) in [5.41, 5.74) is -2.89. The highest BCUT2D eigenvalue weighted by Gasteiger charge is 2.35. The van der Waals surface area contributed by atoms with Crippen LogP contribution in [0.4, 0.5) is 13.2 Å². The molecule has 1 aliphatic heterocycles. The Morgan fingerprint density at radius 1 is 1.24 bits per heavy atom. The van der Waals surface area contributed by atoms with Gasteiger partial charge in [-0.25, -0.2) is 9.36 Å². The van der Waals surface area contributed by atoms with Crippen molar-refractivity contribution >= 4 is 5.71 Å². The highest BCUT2D eigenvalue weighted by atomic mass is 19.4. The Kier molecular flexibility index (Phi) is 3.90. The van der Waals surface area contributed by atoms with Crippen LogP contribution >= 0.6 is 0 Å². The lowest BCUT2D eigenvalue weighted by Gasteiger charge is -2.19. The lowest BCUT2D eigenvalue weighted by molar-refractivity contribution is -0.144. The standard InChI is InChI=1S/C15H12F3N3O4/c1-20-12(15(16,17)18)7-13(22)21(14(20)23)8-2-3-11-9(6-8)10(19-24)4-5-25-11/h2-3,6-7,24H,4-5H2,1H3/b19-10-. The molecule has 132 valence electrons. The predicted octanol–water partition coefficient (Wildman–Crippen LogP) is 1.52. The summed E-state index contributed by atoms with van der Waals surface area (Å²) in [6.45, 7) is 0.299. The fourth-order valence-electron chi connectivity index (χ4n) is 2.64. The second-order valence-corrected chi connectivity index (χ2v) is 5.37. The molecular formula is C15H12F3N3O4. The van der Waals surface area contributed by atoms with Crippen molar-refractivity contribution in [2.45, 2.75) is 12.6 Å². The van der Waals surface area contributed by atoms with Crippen LogP contribution in [0.2, 0.25) is 0 Å². The van der Waals surface area contributed by atoms with Gasteiger partial charge in [-0.15, -0.1) is 0 Å². The molecule has 0 saturated heterocycles. The smallest absolute Gasteiger partial charge is 0.431 e. The van der Waals surface area contributed by atoms with Crippen LogP contribution in [-0.4, -0.2) is 26.7 Å². The Balaban J connectivity index is 2.24. The average molecular weight is 355 g/mol. The van der Waals surface area contributed by atoms with Crippen LogP contribution < -0.4 is 16.0 Å². The molecule has 0 radical (unpaired) electrons. The molecule has 1 aliphatic rings. The maximum Gasteiger partial charge on any atom is 0.431 e. The van der Waals surface area contributed by atoms with Gasteiger partial charge >= 0.3 is 11.9 Å². The minimum absolute atomic E-state index is 0.0460. The monoisotopic (exact) mass is 355 g/mol. The van der Waals surface area contributed by atoms with Crippen molar-refractivity contribution in [1.29, 1.82) is 0 Å². The molecule has 0 saturated carbocycles. The minimum Gasteiger partial charge on any atom is -0.492 e. The largest absolute Gasteiger partial charge is 0.492 e. The second-order valence-electron chi connectivity index (χ2n) is 5.37. The first-order valence-corrected chi connectivity index (χ1v) is 7.13. The first-order chi connectivity index (χ1) is 11.7. The SMILES string of the molecule is Cn1c(C(F)(F)F)cc(=O)n(-c2ccc3c(c2)/C(=N\O)CCO3)c1=O. The van der Waals surface area contributed by atoms with Crippen molar-refractivity contribution in [1.82, 2.24) is 9.13 Å². The Labute approximate surface area is 138 Å². The number of benzene rings is 1. The zero-order chi connectivity index (χ0) is 18.4. The number of rotatable bonds is 1. The van der Waals surface area contributed by atoms with E-state index in [0.717, 1.165) is 7.05 Å². The quantitative estimate of drug-likeness (QED) is 0.621. The van der Waals surface area contributed by atoms with E-state index in [1.807, 2.05) is 0 Å². The Morgan fingerprint density at radius 2 is 1.96 bits per heavy atom. The second kappa shape index (κ2) is 5.80. The van der Waals surface area contributed by atoms with Crippen molar-refractivity contribution in [3.63, 3.8) is 0 Å². The molecule has 2 aromatic rings. The number of hydrogen-bond acceptors (Lipinski definition) is 5. The van der Waals surface area contributed by atoms with Gasteiger partial charge in [0.15, 0.2) is 0 Å². The van der Waals surface area contributed by atoms with E-state index in [0.29, 0.717) is 45.3 Å². The Bertz CT molecular complexity index is 989. The lowest BCUT2D eigenvalue weighted by atomic mass is 10.0. The molecule has 2 heterocycles. The third kappa shape index (κ3) is 2.79. The summed E-state index contributed by atoms with van der Waals surface area (Å²) in [7, 11) is 0.934. The van der Waals surface area contributed by atoms with Gasteiger partial charge in [0.1, 0.15) is 11.4 Å². The molecule has 10 heteroatoms. The first kappa shape index (κ1) is 16.8. The van der Waals surface area contributed by atoms with Gasteiger partial charge < -0.3 is 9.94 Å². The Morgan fingerprint density at radius 3 is 2.60 bits per heavy atom. The lowest BCUT2D eigenvalue weighted by Crippen LogP contribution is -2.40. The van der Waals surface area contributed by atoms with E-state index in [1.54, 1.807) is 0 Å². The normalized spacial score (nSPS) is 15.8. The fraction of sp³-hybridized carbons (Fsp3) is 0.267. The zero-order valence-electron chi connectivity index (χ0n) is 12.9. The summed E-state index contributed by atoms with van der Waals surface area (Å²) in [5.74, 6) is 0.389. The average Bonchev–Trinajstić information content (AvgIpc) is 2.56. The topological polar surface area (TPSA) is 85.8 Å². The number of fused-ring (bicyclic) bond motifs is 1. The van der Waals surface area contributed by atoms with E-state index in [4.69, 9.17) is 9.94 Å². The van der Waals surface area contributed by atoms with Crippen molar-refractivity contribution < 1.29 is 23.1 Å². The van der Waals surface area contributed by atoms with Crippen LogP contribution in [0.5, 0.6) is 5.75 Å². The highest BCUT2D eigenvalue weighted by Crippen LogP contribution is 2.28. The van der Waals surface area contributed by atoms with Gasteiger partial charge in [-0.05, 0) is 18.2 Å². The van der Waals surface area contributed by atoms with Crippen LogP contribution in [0.25, 0.3) is 5.69 Å². The zero-order valence-corrected chi connectivity index (χ0v) is 12.9. The van der Waals surface area contributed by atoms with Crippen molar-refractivity contribution in [3.8, 4) is 11.4 Å². The van der Waals surface area contributed by atoms with Crippen molar-refractivity contribution in [2.24, 2.45) is 12.2 Å². The molecule has 0 unspecified atom stereocenters. The van der Waals surface area contributed by atoms with E-state index < -0.39 is 23.1 Å². The third-order valence-electron chi connectivity index (χ3n) is 3.86. The number of alkyl halides is 3. The molecule has 0 fully saturated rings. The van der Waals surface area contributed by atoms with Crippen LogP contribution in [0.15, 0.2) is 39.0 Å². The van der Waals surface area contributed by atoms with E-state index in [1.165, 1.54) is 18.2 Å². The first-order valence-electron chi connectivity index (χ1n) is 7.13. The maximum absolute atomic E-state index is 12.9. The Hall–Kier alpha value is -3.04. The van der Waals surface area contributed by atoms with E-state index in [2.05, 4.69) is 5.16 Å². The number of nitrogens with zero attached hydrogens (tertiary/aromatic N) is 3. The van der Waals surface area contributed by atoms with Gasteiger partial charge in [0.25, 0.3) is 5.56 Å². The molecule has 0 atom stereocenters. The fourth-order valence-corrected chi connectivity index (χ4v) is 2.64. The molecule has 0 bridgehead atoms.